The number of hydrogen-bond acceptors (Lipinski definition) is 1. The van der Waals surface area contributed by atoms with Gasteiger partial charge in [0.15, 0.2) is 0 Å². The summed E-state index contributed by atoms with van der Waals surface area (Å²) in [5.41, 5.74) is 7.59. The van der Waals surface area contributed by atoms with E-state index in [4.69, 9.17) is 0 Å². The van der Waals surface area contributed by atoms with Crippen molar-refractivity contribution in [1.82, 2.24) is 0 Å². The van der Waals surface area contributed by atoms with Gasteiger partial charge in [-0.25, -0.2) is 0 Å². The molecule has 0 nitrogen and oxygen atoms in total. The van der Waals surface area contributed by atoms with E-state index in [1.165, 1.54) is 107 Å². The average molecular weight is 663 g/mol. The number of fused-ring (bicyclic) bond motifs is 9. The van der Waals surface area contributed by atoms with Crippen molar-refractivity contribution in [2.24, 2.45) is 0 Å². The molecule has 0 N–H and O–H groups in total. The lowest BCUT2D eigenvalue weighted by Crippen LogP contribution is -1.93. The van der Waals surface area contributed by atoms with E-state index in [9.17, 15) is 0 Å². The maximum Gasteiger partial charge on any atom is 0.0361 e. The lowest BCUT2D eigenvalue weighted by molar-refractivity contribution is 1.67. The normalized spacial score (nSPS) is 11.9. The van der Waals surface area contributed by atoms with Gasteiger partial charge in [-0.15, -0.1) is 11.3 Å². The molecular formula is C50H30S. The predicted molar refractivity (Wildman–Crippen MR) is 223 cm³/mol. The van der Waals surface area contributed by atoms with E-state index >= 15 is 0 Å². The SMILES string of the molecule is c1ccc2c(-c3c4ccccc4c(-c4cccc5ccccc45)c4cc(-c5ccc6c(c5)sc5ccc7ccccc7c56)ccc34)cccc2c1. The lowest BCUT2D eigenvalue weighted by atomic mass is 9.83. The Morgan fingerprint density at radius 3 is 1.39 bits per heavy atom. The summed E-state index contributed by atoms with van der Waals surface area (Å²) in [7, 11) is 0. The monoisotopic (exact) mass is 662 g/mol. The molecule has 0 saturated carbocycles. The van der Waals surface area contributed by atoms with Crippen LogP contribution in [0, 0.1) is 0 Å². The third-order valence-electron chi connectivity index (χ3n) is 10.8. The van der Waals surface area contributed by atoms with E-state index in [2.05, 4.69) is 182 Å². The molecule has 11 rings (SSSR count). The first kappa shape index (κ1) is 28.5. The van der Waals surface area contributed by atoms with Crippen LogP contribution in [0.4, 0.5) is 0 Å². The van der Waals surface area contributed by atoms with Gasteiger partial charge in [0.2, 0.25) is 0 Å². The first-order valence-corrected chi connectivity index (χ1v) is 18.4. The van der Waals surface area contributed by atoms with E-state index in [-0.39, 0.29) is 0 Å². The Morgan fingerprint density at radius 1 is 0.275 bits per heavy atom. The second-order valence-electron chi connectivity index (χ2n) is 13.6. The number of thiophene rings is 1. The van der Waals surface area contributed by atoms with Crippen LogP contribution in [0.1, 0.15) is 0 Å². The number of benzene rings is 10. The fourth-order valence-electron chi connectivity index (χ4n) is 8.55. The highest BCUT2D eigenvalue weighted by Gasteiger charge is 2.20. The first-order chi connectivity index (χ1) is 25.3. The molecule has 10 aromatic carbocycles. The Balaban J connectivity index is 1.24. The molecule has 0 radical (unpaired) electrons. The third-order valence-corrected chi connectivity index (χ3v) is 12.0. The summed E-state index contributed by atoms with van der Waals surface area (Å²) in [6, 6.07) is 67.6. The summed E-state index contributed by atoms with van der Waals surface area (Å²) in [4.78, 5) is 0. The van der Waals surface area contributed by atoms with Crippen molar-refractivity contribution >= 4 is 85.4 Å². The Kier molecular flexibility index (Phi) is 6.22. The molecule has 0 atom stereocenters. The fraction of sp³-hybridized carbons (Fsp3) is 0. The maximum absolute atomic E-state index is 2.46. The van der Waals surface area contributed by atoms with Crippen LogP contribution in [0.2, 0.25) is 0 Å². The summed E-state index contributed by atoms with van der Waals surface area (Å²) < 4.78 is 2.66. The zero-order valence-corrected chi connectivity index (χ0v) is 28.5. The van der Waals surface area contributed by atoms with Crippen molar-refractivity contribution in [3.63, 3.8) is 0 Å². The van der Waals surface area contributed by atoms with E-state index in [0.717, 1.165) is 0 Å². The molecule has 11 aromatic rings. The number of rotatable bonds is 3. The van der Waals surface area contributed by atoms with Crippen LogP contribution < -0.4 is 0 Å². The molecule has 0 bridgehead atoms. The van der Waals surface area contributed by atoms with Gasteiger partial charge in [-0.3, -0.25) is 0 Å². The molecule has 0 saturated heterocycles. The van der Waals surface area contributed by atoms with Crippen molar-refractivity contribution in [2.75, 3.05) is 0 Å². The van der Waals surface area contributed by atoms with Crippen LogP contribution in [0.15, 0.2) is 182 Å². The molecule has 0 aliphatic heterocycles. The molecule has 0 amide bonds. The smallest absolute Gasteiger partial charge is 0.0361 e. The maximum atomic E-state index is 2.46. The van der Waals surface area contributed by atoms with Crippen molar-refractivity contribution in [3.05, 3.63) is 182 Å². The van der Waals surface area contributed by atoms with E-state index in [0.29, 0.717) is 0 Å². The summed E-state index contributed by atoms with van der Waals surface area (Å²) in [5.74, 6) is 0. The summed E-state index contributed by atoms with van der Waals surface area (Å²) in [6.45, 7) is 0. The number of hydrogen-bond donors (Lipinski definition) is 0. The van der Waals surface area contributed by atoms with Gasteiger partial charge >= 0.3 is 0 Å². The largest absolute Gasteiger partial charge is 0.135 e. The van der Waals surface area contributed by atoms with Crippen LogP contribution in [0.25, 0.3) is 107 Å². The van der Waals surface area contributed by atoms with Crippen molar-refractivity contribution in [2.45, 2.75) is 0 Å². The molecule has 0 aliphatic rings. The molecule has 0 unspecified atom stereocenters. The lowest BCUT2D eigenvalue weighted by Gasteiger charge is -2.20. The van der Waals surface area contributed by atoms with Gasteiger partial charge < -0.3 is 0 Å². The highest BCUT2D eigenvalue weighted by Crippen LogP contribution is 2.48. The van der Waals surface area contributed by atoms with Gasteiger partial charge in [0.1, 0.15) is 0 Å². The van der Waals surface area contributed by atoms with E-state index < -0.39 is 0 Å². The zero-order valence-electron chi connectivity index (χ0n) is 27.7. The van der Waals surface area contributed by atoms with E-state index in [1.54, 1.807) is 0 Å². The third kappa shape index (κ3) is 4.32. The molecule has 1 heterocycles. The standard InChI is InChI=1S/C50H30S/c1-4-16-36-31(11-1)14-9-21-39(36)48-41-19-7-8-20-42(41)49(40-22-10-15-32-12-2-5-17-37(32)40)45-29-34(23-26-43(45)48)35-24-27-44-47(30-35)51-46-28-25-33-13-3-6-18-38(33)50(44)46/h1-30H. The summed E-state index contributed by atoms with van der Waals surface area (Å²) >= 11 is 1.89. The van der Waals surface area contributed by atoms with Gasteiger partial charge in [-0.05, 0) is 105 Å². The van der Waals surface area contributed by atoms with Crippen molar-refractivity contribution in [1.29, 1.82) is 0 Å². The van der Waals surface area contributed by atoms with Crippen LogP contribution >= 0.6 is 11.3 Å². The molecule has 0 fully saturated rings. The second kappa shape index (κ2) is 11.1. The highest BCUT2D eigenvalue weighted by molar-refractivity contribution is 7.26. The second-order valence-corrected chi connectivity index (χ2v) is 14.7. The van der Waals surface area contributed by atoms with Crippen LogP contribution in [0.3, 0.4) is 0 Å². The summed E-state index contributed by atoms with van der Waals surface area (Å²) in [6.07, 6.45) is 0. The summed E-state index contributed by atoms with van der Waals surface area (Å²) in [5, 5.41) is 15.5. The Bertz CT molecular complexity index is 3190. The minimum atomic E-state index is 1.23. The van der Waals surface area contributed by atoms with Gasteiger partial charge in [-0.2, -0.15) is 0 Å². The molecule has 1 aromatic heterocycles. The van der Waals surface area contributed by atoms with Gasteiger partial charge in [0, 0.05) is 20.2 Å². The molecule has 1 heteroatoms. The van der Waals surface area contributed by atoms with Gasteiger partial charge in [0.05, 0.1) is 0 Å². The fourth-order valence-corrected chi connectivity index (χ4v) is 9.71. The Labute approximate surface area is 299 Å². The molecule has 236 valence electrons. The van der Waals surface area contributed by atoms with E-state index in [1.807, 2.05) is 11.3 Å². The van der Waals surface area contributed by atoms with Crippen molar-refractivity contribution in [3.8, 4) is 33.4 Å². The van der Waals surface area contributed by atoms with Gasteiger partial charge in [0.25, 0.3) is 0 Å². The molecular weight excluding hydrogens is 633 g/mol. The minimum absolute atomic E-state index is 1.23. The zero-order chi connectivity index (χ0) is 33.5. The molecule has 51 heavy (non-hydrogen) atoms. The molecule has 0 aliphatic carbocycles. The average Bonchev–Trinajstić information content (AvgIpc) is 3.58. The van der Waals surface area contributed by atoms with Gasteiger partial charge in [-0.1, -0.05) is 164 Å². The molecule has 0 spiro atoms. The van der Waals surface area contributed by atoms with Crippen LogP contribution in [0.5, 0.6) is 0 Å². The Hall–Kier alpha value is -6.28. The minimum Gasteiger partial charge on any atom is -0.135 e. The van der Waals surface area contributed by atoms with Crippen molar-refractivity contribution < 1.29 is 0 Å². The predicted octanol–water partition coefficient (Wildman–Crippen LogP) is 14.8. The van der Waals surface area contributed by atoms with Crippen LogP contribution in [-0.2, 0) is 0 Å². The topological polar surface area (TPSA) is 0 Å². The Morgan fingerprint density at radius 2 is 0.745 bits per heavy atom. The highest BCUT2D eigenvalue weighted by atomic mass is 32.1. The quantitative estimate of drug-likeness (QED) is 0.165. The van der Waals surface area contributed by atoms with Crippen LogP contribution in [-0.4, -0.2) is 0 Å². The first-order valence-electron chi connectivity index (χ1n) is 17.6.